The number of H-pyrrole nitrogens is 1. The van der Waals surface area contributed by atoms with Gasteiger partial charge in [-0.3, -0.25) is 4.79 Å². The molecule has 0 saturated heterocycles. The summed E-state index contributed by atoms with van der Waals surface area (Å²) in [4.78, 5) is 38.3. The summed E-state index contributed by atoms with van der Waals surface area (Å²) >= 11 is 3.56. The van der Waals surface area contributed by atoms with E-state index in [4.69, 9.17) is 4.74 Å². The number of nitrogens with zero attached hydrogens (tertiary/aromatic N) is 3. The number of esters is 1. The van der Waals surface area contributed by atoms with E-state index in [9.17, 15) is 9.59 Å². The highest BCUT2D eigenvalue weighted by Crippen LogP contribution is 2.31. The van der Waals surface area contributed by atoms with E-state index in [-0.39, 0.29) is 11.3 Å². The van der Waals surface area contributed by atoms with E-state index in [2.05, 4.69) is 15.0 Å². The monoisotopic (exact) mass is 468 g/mol. The molecule has 0 saturated carbocycles. The number of hydrogen-bond acceptors (Lipinski definition) is 7. The maximum atomic E-state index is 12.5. The van der Waals surface area contributed by atoms with Crippen molar-refractivity contribution in [3.05, 3.63) is 48.5 Å². The molecule has 0 bridgehead atoms. The molecule has 0 unspecified atom stereocenters. The van der Waals surface area contributed by atoms with Crippen LogP contribution in [0.4, 0.5) is 5.82 Å². The highest BCUT2D eigenvalue weighted by atomic mass is 127. The minimum atomic E-state index is -0.570. The highest BCUT2D eigenvalue weighted by Gasteiger charge is 2.25. The average molecular weight is 468 g/mol. The summed E-state index contributed by atoms with van der Waals surface area (Å²) in [6.45, 7) is 1.15. The highest BCUT2D eigenvalue weighted by molar-refractivity contribution is 14.1. The van der Waals surface area contributed by atoms with Crippen LogP contribution in [0, 0.1) is 3.57 Å². The third-order valence-corrected chi connectivity index (χ3v) is 5.86. The van der Waals surface area contributed by atoms with Gasteiger partial charge in [-0.05, 0) is 34.0 Å². The number of carbonyl (C=O) groups is 1. The quantitative estimate of drug-likeness (QED) is 0.459. The molecular weight excluding hydrogens is 455 g/mol. The fourth-order valence-electron chi connectivity index (χ4n) is 2.92. The lowest BCUT2D eigenvalue weighted by Gasteiger charge is -2.29. The Kier molecular flexibility index (Phi) is 4.20. The summed E-state index contributed by atoms with van der Waals surface area (Å²) in [6, 6.07) is 1.85. The number of pyridine rings is 1. The van der Waals surface area contributed by atoms with Crippen LogP contribution in [-0.4, -0.2) is 34.6 Å². The van der Waals surface area contributed by atoms with Crippen LogP contribution in [-0.2, 0) is 17.7 Å². The summed E-state index contributed by atoms with van der Waals surface area (Å²) in [5.74, 6) is 0.134. The molecule has 0 radical (unpaired) electrons. The van der Waals surface area contributed by atoms with Crippen molar-refractivity contribution in [2.75, 3.05) is 18.6 Å². The van der Waals surface area contributed by atoms with Crippen LogP contribution < -0.4 is 10.3 Å². The van der Waals surface area contributed by atoms with Crippen molar-refractivity contribution in [1.82, 2.24) is 15.0 Å². The molecule has 0 spiro atoms. The van der Waals surface area contributed by atoms with E-state index in [1.165, 1.54) is 18.4 Å². The summed E-state index contributed by atoms with van der Waals surface area (Å²) < 4.78 is 6.33. The van der Waals surface area contributed by atoms with E-state index >= 15 is 0 Å². The number of anilines is 1. The van der Waals surface area contributed by atoms with E-state index in [0.29, 0.717) is 34.4 Å². The number of nitrogens with one attached hydrogen (secondary N) is 1. The molecule has 0 fully saturated rings. The van der Waals surface area contributed by atoms with Crippen molar-refractivity contribution in [3.8, 4) is 0 Å². The van der Waals surface area contributed by atoms with Crippen LogP contribution in [0.2, 0.25) is 0 Å². The summed E-state index contributed by atoms with van der Waals surface area (Å²) in [5, 5.41) is 1.91. The second kappa shape index (κ2) is 6.37. The molecule has 1 N–H and O–H groups in total. The number of ether oxygens (including phenoxy) is 1. The molecule has 1 aliphatic rings. The molecule has 0 aromatic carbocycles. The van der Waals surface area contributed by atoms with Crippen LogP contribution >= 0.6 is 33.9 Å². The molecule has 7 nitrogen and oxygen atoms in total. The Balaban J connectivity index is 1.82. The van der Waals surface area contributed by atoms with E-state index < -0.39 is 5.97 Å². The molecule has 9 heteroatoms. The Morgan fingerprint density at radius 3 is 3.08 bits per heavy atom. The number of fused-ring (bicyclic) bond motifs is 2. The van der Waals surface area contributed by atoms with Gasteiger partial charge in [-0.1, -0.05) is 0 Å². The molecule has 1 aliphatic heterocycles. The number of halogens is 1. The zero-order valence-corrected chi connectivity index (χ0v) is 16.2. The van der Waals surface area contributed by atoms with Gasteiger partial charge >= 0.3 is 5.97 Å². The van der Waals surface area contributed by atoms with Crippen LogP contribution in [0.5, 0.6) is 0 Å². The van der Waals surface area contributed by atoms with Crippen LogP contribution in [0.15, 0.2) is 22.4 Å². The van der Waals surface area contributed by atoms with Crippen molar-refractivity contribution in [2.24, 2.45) is 0 Å². The first-order chi connectivity index (χ1) is 12.1. The topological polar surface area (TPSA) is 88.2 Å². The molecule has 128 valence electrons. The Bertz CT molecular complexity index is 1050. The van der Waals surface area contributed by atoms with Crippen LogP contribution in [0.1, 0.15) is 21.9 Å². The van der Waals surface area contributed by atoms with Crippen molar-refractivity contribution in [1.29, 1.82) is 0 Å². The van der Waals surface area contributed by atoms with Gasteiger partial charge in [0.15, 0.2) is 11.2 Å². The lowest BCUT2D eigenvalue weighted by atomic mass is 10.1. The number of rotatable bonds is 2. The Morgan fingerprint density at radius 1 is 1.44 bits per heavy atom. The lowest BCUT2D eigenvalue weighted by Crippen LogP contribution is -2.36. The van der Waals surface area contributed by atoms with Crippen molar-refractivity contribution in [2.45, 2.75) is 13.0 Å². The average Bonchev–Trinajstić information content (AvgIpc) is 3.11. The van der Waals surface area contributed by atoms with E-state index in [1.54, 1.807) is 6.20 Å². The predicted octanol–water partition coefficient (Wildman–Crippen LogP) is 2.33. The molecular formula is C16H13IN4O3S. The van der Waals surface area contributed by atoms with Crippen LogP contribution in [0.25, 0.3) is 10.2 Å². The minimum Gasteiger partial charge on any atom is -0.463 e. The molecule has 0 atom stereocenters. The number of aromatic amines is 1. The number of thiophene rings is 1. The number of aromatic nitrogens is 3. The second-order valence-corrected chi connectivity index (χ2v) is 7.67. The van der Waals surface area contributed by atoms with Crippen LogP contribution in [0.3, 0.4) is 0 Å². The van der Waals surface area contributed by atoms with Gasteiger partial charge in [0.25, 0.3) is 0 Å². The smallest absolute Gasteiger partial charge is 0.376 e. The third-order valence-electron chi connectivity index (χ3n) is 4.16. The summed E-state index contributed by atoms with van der Waals surface area (Å²) in [7, 11) is 1.31. The first-order valence-electron chi connectivity index (χ1n) is 7.56. The first kappa shape index (κ1) is 16.5. The zero-order chi connectivity index (χ0) is 17.6. The van der Waals surface area contributed by atoms with Gasteiger partial charge in [0.1, 0.15) is 0 Å². The zero-order valence-electron chi connectivity index (χ0n) is 13.2. The summed E-state index contributed by atoms with van der Waals surface area (Å²) in [6.07, 6.45) is 2.46. The van der Waals surface area contributed by atoms with E-state index in [1.807, 2.05) is 38.9 Å². The lowest BCUT2D eigenvalue weighted by molar-refractivity contribution is 0.0587. The Hall–Kier alpha value is -2.01. The standard InChI is InChI=1S/C16H13IN4O3S/c1-24-16(23)14-19-11-3-5-25-13(11)15(20-14)21-4-2-10-8(7-21)12(22)9(17)6-18-10/h3,5-6H,2,4,7H2,1H3,(H,18,22). The molecule has 3 aromatic heterocycles. The fourth-order valence-corrected chi connectivity index (χ4v) is 4.25. The number of hydrogen-bond donors (Lipinski definition) is 1. The SMILES string of the molecule is COC(=O)c1nc(N2CCc3[nH]cc(I)c(=O)c3C2)c2sccc2n1. The molecule has 25 heavy (non-hydrogen) atoms. The van der Waals surface area contributed by atoms with Crippen molar-refractivity contribution < 1.29 is 9.53 Å². The second-order valence-electron chi connectivity index (χ2n) is 5.59. The summed E-state index contributed by atoms with van der Waals surface area (Å²) in [5.41, 5.74) is 2.47. The maximum Gasteiger partial charge on any atom is 0.376 e. The van der Waals surface area contributed by atoms with Gasteiger partial charge in [0.05, 0.1) is 27.4 Å². The van der Waals surface area contributed by atoms with Gasteiger partial charge in [-0.25, -0.2) is 14.8 Å². The molecule has 0 aliphatic carbocycles. The first-order valence-corrected chi connectivity index (χ1v) is 9.51. The van der Waals surface area contributed by atoms with Gasteiger partial charge in [-0.2, -0.15) is 0 Å². The Labute approximate surface area is 160 Å². The number of methoxy groups -OCH3 is 1. The molecule has 3 aromatic rings. The predicted molar refractivity (Wildman–Crippen MR) is 103 cm³/mol. The third kappa shape index (κ3) is 2.80. The van der Waals surface area contributed by atoms with Gasteiger partial charge in [-0.15, -0.1) is 11.3 Å². The maximum absolute atomic E-state index is 12.5. The molecule has 0 amide bonds. The van der Waals surface area contributed by atoms with Crippen molar-refractivity contribution >= 4 is 55.9 Å². The minimum absolute atomic E-state index is 0.0331. The Morgan fingerprint density at radius 2 is 2.28 bits per heavy atom. The number of carbonyl (C=O) groups excluding carboxylic acids is 1. The van der Waals surface area contributed by atoms with Gasteiger partial charge in [0.2, 0.25) is 5.82 Å². The largest absolute Gasteiger partial charge is 0.463 e. The fraction of sp³-hybridized carbons (Fsp3) is 0.250. The van der Waals surface area contributed by atoms with E-state index in [0.717, 1.165) is 16.0 Å². The van der Waals surface area contributed by atoms with Gasteiger partial charge < -0.3 is 14.6 Å². The van der Waals surface area contributed by atoms with Gasteiger partial charge in [0, 0.05) is 30.4 Å². The normalized spacial score (nSPS) is 13.8. The molecule has 4 heterocycles. The van der Waals surface area contributed by atoms with Crippen molar-refractivity contribution in [3.63, 3.8) is 0 Å². The molecule has 4 rings (SSSR count).